The number of halogens is 1. The standard InChI is InChI=1S/C13H13FN2O/c1-10(17)16-7-3-2-4-12-8-11(9-15)5-6-13(12)14/h2,4-6,8H,3,7H2,1H3,(H,16,17). The largest absolute Gasteiger partial charge is 0.356 e. The van der Waals surface area contributed by atoms with Gasteiger partial charge in [-0.1, -0.05) is 12.2 Å². The normalized spacial score (nSPS) is 10.2. The highest BCUT2D eigenvalue weighted by Gasteiger charge is 1.99. The number of hydrogen-bond acceptors (Lipinski definition) is 2. The first-order valence-electron chi connectivity index (χ1n) is 5.24. The first-order valence-corrected chi connectivity index (χ1v) is 5.24. The number of rotatable bonds is 4. The van der Waals surface area contributed by atoms with Crippen LogP contribution in [0.4, 0.5) is 4.39 Å². The van der Waals surface area contributed by atoms with Crippen LogP contribution in [-0.4, -0.2) is 12.5 Å². The van der Waals surface area contributed by atoms with Gasteiger partial charge in [-0.2, -0.15) is 5.26 Å². The SMILES string of the molecule is CC(=O)NCCC=Cc1cc(C#N)ccc1F. The van der Waals surface area contributed by atoms with E-state index in [1.54, 1.807) is 12.2 Å². The molecule has 0 aliphatic carbocycles. The first-order chi connectivity index (χ1) is 8.13. The lowest BCUT2D eigenvalue weighted by Crippen LogP contribution is -2.20. The molecule has 0 radical (unpaired) electrons. The Kier molecular flexibility index (Phi) is 4.89. The van der Waals surface area contributed by atoms with Crippen molar-refractivity contribution in [2.24, 2.45) is 0 Å². The number of amides is 1. The van der Waals surface area contributed by atoms with E-state index in [0.29, 0.717) is 24.1 Å². The number of hydrogen-bond donors (Lipinski definition) is 1. The number of nitrogens with one attached hydrogen (secondary N) is 1. The Hall–Kier alpha value is -2.15. The molecule has 0 unspecified atom stereocenters. The Morgan fingerprint density at radius 1 is 1.59 bits per heavy atom. The fourth-order valence-corrected chi connectivity index (χ4v) is 1.28. The van der Waals surface area contributed by atoms with Crippen LogP contribution in [-0.2, 0) is 4.79 Å². The van der Waals surface area contributed by atoms with Gasteiger partial charge in [0.25, 0.3) is 0 Å². The predicted molar refractivity (Wildman–Crippen MR) is 63.4 cm³/mol. The van der Waals surface area contributed by atoms with Crippen LogP contribution in [0.25, 0.3) is 6.08 Å². The van der Waals surface area contributed by atoms with Crippen LogP contribution in [0, 0.1) is 17.1 Å². The lowest BCUT2D eigenvalue weighted by Gasteiger charge is -1.99. The van der Waals surface area contributed by atoms with Gasteiger partial charge in [0.1, 0.15) is 5.82 Å². The van der Waals surface area contributed by atoms with E-state index in [1.165, 1.54) is 25.1 Å². The molecule has 1 rings (SSSR count). The Balaban J connectivity index is 2.59. The van der Waals surface area contributed by atoms with Gasteiger partial charge >= 0.3 is 0 Å². The Morgan fingerprint density at radius 3 is 3.00 bits per heavy atom. The summed E-state index contributed by atoms with van der Waals surface area (Å²) < 4.78 is 13.3. The molecule has 1 aromatic carbocycles. The van der Waals surface area contributed by atoms with E-state index in [4.69, 9.17) is 5.26 Å². The molecule has 17 heavy (non-hydrogen) atoms. The Bertz CT molecular complexity index is 475. The molecular formula is C13H13FN2O. The van der Waals surface area contributed by atoms with Crippen LogP contribution >= 0.6 is 0 Å². The van der Waals surface area contributed by atoms with Crippen molar-refractivity contribution >= 4 is 12.0 Å². The third-order valence-electron chi connectivity index (χ3n) is 2.11. The second-order valence-corrected chi connectivity index (χ2v) is 3.52. The second-order valence-electron chi connectivity index (χ2n) is 3.52. The molecule has 3 nitrogen and oxygen atoms in total. The zero-order valence-electron chi connectivity index (χ0n) is 9.53. The van der Waals surface area contributed by atoms with Gasteiger partial charge in [0.2, 0.25) is 5.91 Å². The minimum atomic E-state index is -0.361. The van der Waals surface area contributed by atoms with E-state index >= 15 is 0 Å². The zero-order chi connectivity index (χ0) is 12.7. The summed E-state index contributed by atoms with van der Waals surface area (Å²) in [6, 6.07) is 6.15. The van der Waals surface area contributed by atoms with Crippen LogP contribution in [0.15, 0.2) is 24.3 Å². The van der Waals surface area contributed by atoms with Crippen LogP contribution < -0.4 is 5.32 Å². The molecule has 0 fully saturated rings. The molecule has 0 atom stereocenters. The van der Waals surface area contributed by atoms with Crippen molar-refractivity contribution in [2.45, 2.75) is 13.3 Å². The van der Waals surface area contributed by atoms with Gasteiger partial charge in [-0.25, -0.2) is 4.39 Å². The third kappa shape index (κ3) is 4.47. The lowest BCUT2D eigenvalue weighted by atomic mass is 10.1. The predicted octanol–water partition coefficient (Wildman–Crippen LogP) is 2.24. The highest BCUT2D eigenvalue weighted by molar-refractivity contribution is 5.72. The number of nitrogens with zero attached hydrogens (tertiary/aromatic N) is 1. The van der Waals surface area contributed by atoms with E-state index in [9.17, 15) is 9.18 Å². The van der Waals surface area contributed by atoms with Crippen molar-refractivity contribution in [3.8, 4) is 6.07 Å². The summed E-state index contributed by atoms with van der Waals surface area (Å²) in [4.78, 5) is 10.6. The van der Waals surface area contributed by atoms with Crippen LogP contribution in [0.3, 0.4) is 0 Å². The van der Waals surface area contributed by atoms with Gasteiger partial charge < -0.3 is 5.32 Å². The maximum atomic E-state index is 13.3. The summed E-state index contributed by atoms with van der Waals surface area (Å²) in [5, 5.41) is 11.3. The molecule has 0 aliphatic heterocycles. The molecule has 0 aliphatic rings. The molecule has 1 aromatic rings. The first kappa shape index (κ1) is 12.9. The molecule has 1 N–H and O–H groups in total. The number of carbonyl (C=O) groups excluding carboxylic acids is 1. The number of benzene rings is 1. The van der Waals surface area contributed by atoms with Gasteiger partial charge in [-0.05, 0) is 24.6 Å². The summed E-state index contributed by atoms with van der Waals surface area (Å²) in [5.41, 5.74) is 0.805. The van der Waals surface area contributed by atoms with Gasteiger partial charge in [0, 0.05) is 19.0 Å². The average molecular weight is 232 g/mol. The van der Waals surface area contributed by atoms with E-state index in [2.05, 4.69) is 5.32 Å². The fraction of sp³-hybridized carbons (Fsp3) is 0.231. The zero-order valence-corrected chi connectivity index (χ0v) is 9.53. The summed E-state index contributed by atoms with van der Waals surface area (Å²) in [6.07, 6.45) is 3.99. The summed E-state index contributed by atoms with van der Waals surface area (Å²) >= 11 is 0. The monoisotopic (exact) mass is 232 g/mol. The minimum Gasteiger partial charge on any atom is -0.356 e. The molecular weight excluding hydrogens is 219 g/mol. The fourth-order valence-electron chi connectivity index (χ4n) is 1.28. The maximum Gasteiger partial charge on any atom is 0.216 e. The van der Waals surface area contributed by atoms with Crippen molar-refractivity contribution in [1.29, 1.82) is 5.26 Å². The molecule has 0 bridgehead atoms. The van der Waals surface area contributed by atoms with Crippen molar-refractivity contribution in [3.05, 3.63) is 41.2 Å². The van der Waals surface area contributed by atoms with E-state index in [-0.39, 0.29) is 11.7 Å². The minimum absolute atomic E-state index is 0.0870. The molecule has 1 amide bonds. The lowest BCUT2D eigenvalue weighted by molar-refractivity contribution is -0.118. The highest BCUT2D eigenvalue weighted by Crippen LogP contribution is 2.11. The third-order valence-corrected chi connectivity index (χ3v) is 2.11. The van der Waals surface area contributed by atoms with Crippen LogP contribution in [0.5, 0.6) is 0 Å². The topological polar surface area (TPSA) is 52.9 Å². The highest BCUT2D eigenvalue weighted by atomic mass is 19.1. The van der Waals surface area contributed by atoms with Crippen molar-refractivity contribution in [2.75, 3.05) is 6.54 Å². The van der Waals surface area contributed by atoms with E-state index in [0.717, 1.165) is 0 Å². The molecule has 0 aromatic heterocycles. The summed E-state index contributed by atoms with van der Waals surface area (Å²) in [7, 11) is 0. The molecule has 0 saturated carbocycles. The van der Waals surface area contributed by atoms with Crippen LogP contribution in [0.2, 0.25) is 0 Å². The van der Waals surface area contributed by atoms with Crippen LogP contribution in [0.1, 0.15) is 24.5 Å². The summed E-state index contributed by atoms with van der Waals surface area (Å²) in [6.45, 7) is 1.96. The maximum absolute atomic E-state index is 13.3. The van der Waals surface area contributed by atoms with Gasteiger partial charge in [-0.3, -0.25) is 4.79 Å². The van der Waals surface area contributed by atoms with Crippen molar-refractivity contribution < 1.29 is 9.18 Å². The average Bonchev–Trinajstić information content (AvgIpc) is 2.30. The molecule has 0 heterocycles. The molecule has 88 valence electrons. The molecule has 4 heteroatoms. The molecule has 0 saturated heterocycles. The van der Waals surface area contributed by atoms with E-state index < -0.39 is 0 Å². The number of carbonyl (C=O) groups is 1. The van der Waals surface area contributed by atoms with E-state index in [1.807, 2.05) is 6.07 Å². The van der Waals surface area contributed by atoms with Crippen molar-refractivity contribution in [3.63, 3.8) is 0 Å². The van der Waals surface area contributed by atoms with Gasteiger partial charge in [-0.15, -0.1) is 0 Å². The quantitative estimate of drug-likeness (QED) is 0.809. The smallest absolute Gasteiger partial charge is 0.216 e. The Morgan fingerprint density at radius 2 is 2.35 bits per heavy atom. The van der Waals surface area contributed by atoms with Crippen molar-refractivity contribution in [1.82, 2.24) is 5.32 Å². The second kappa shape index (κ2) is 6.44. The molecule has 0 spiro atoms. The Labute approximate surface area is 99.6 Å². The summed E-state index contributed by atoms with van der Waals surface area (Å²) in [5.74, 6) is -0.448. The number of nitriles is 1. The van der Waals surface area contributed by atoms with Gasteiger partial charge in [0.15, 0.2) is 0 Å². The van der Waals surface area contributed by atoms with Gasteiger partial charge in [0.05, 0.1) is 11.6 Å².